The molecule has 2 unspecified atom stereocenters. The Kier molecular flexibility index (Phi) is 5.07. The summed E-state index contributed by atoms with van der Waals surface area (Å²) < 4.78 is 5.65. The van der Waals surface area contributed by atoms with Gasteiger partial charge in [-0.05, 0) is 91.8 Å². The topological polar surface area (TPSA) is 43.4 Å². The van der Waals surface area contributed by atoms with E-state index in [1.165, 1.54) is 19.3 Å². The molecule has 1 saturated heterocycles. The fourth-order valence-corrected chi connectivity index (χ4v) is 14.0. The summed E-state index contributed by atoms with van der Waals surface area (Å²) in [5.74, 6) is 2.35. The Morgan fingerprint density at radius 3 is 2.11 bits per heavy atom. The molecular formula is C30H44Br2O3. The lowest BCUT2D eigenvalue weighted by molar-refractivity contribution is -0.239. The van der Waals surface area contributed by atoms with E-state index in [0.717, 1.165) is 38.5 Å². The van der Waals surface area contributed by atoms with Gasteiger partial charge >= 0.3 is 5.97 Å². The first-order chi connectivity index (χ1) is 16.0. The summed E-state index contributed by atoms with van der Waals surface area (Å²) in [7, 11) is 0. The van der Waals surface area contributed by atoms with E-state index in [1.54, 1.807) is 0 Å². The lowest BCUT2D eigenvalue weighted by Crippen LogP contribution is -2.69. The van der Waals surface area contributed by atoms with Gasteiger partial charge in [0, 0.05) is 16.7 Å². The first kappa shape index (κ1) is 25.4. The summed E-state index contributed by atoms with van der Waals surface area (Å²) in [6.45, 7) is 16.8. The van der Waals surface area contributed by atoms with Crippen LogP contribution in [-0.2, 0) is 14.3 Å². The molecule has 5 aliphatic carbocycles. The van der Waals surface area contributed by atoms with Gasteiger partial charge in [0.25, 0.3) is 0 Å². The largest absolute Gasteiger partial charge is 0.461 e. The van der Waals surface area contributed by atoms with Crippen LogP contribution in [0.5, 0.6) is 0 Å². The van der Waals surface area contributed by atoms with Gasteiger partial charge in [0.1, 0.15) is 9.34 Å². The Morgan fingerprint density at radius 2 is 1.43 bits per heavy atom. The van der Waals surface area contributed by atoms with E-state index in [2.05, 4.69) is 80.3 Å². The molecule has 0 N–H and O–H groups in total. The lowest BCUT2D eigenvalue weighted by Gasteiger charge is -2.73. The van der Waals surface area contributed by atoms with E-state index in [1.807, 2.05) is 0 Å². The zero-order valence-corrected chi connectivity index (χ0v) is 25.9. The fraction of sp³-hybridized carbons (Fsp3) is 0.933. The van der Waals surface area contributed by atoms with Crippen molar-refractivity contribution in [2.75, 3.05) is 0 Å². The molecule has 5 heteroatoms. The summed E-state index contributed by atoms with van der Waals surface area (Å²) in [6.07, 6.45) is 9.91. The van der Waals surface area contributed by atoms with Gasteiger partial charge in [0.15, 0.2) is 5.78 Å². The van der Waals surface area contributed by atoms with Crippen molar-refractivity contribution in [3.63, 3.8) is 0 Å². The molecule has 196 valence electrons. The quantitative estimate of drug-likeness (QED) is 0.205. The van der Waals surface area contributed by atoms with Gasteiger partial charge in [-0.15, -0.1) is 0 Å². The number of carbonyl (C=O) groups is 2. The minimum absolute atomic E-state index is 0.0687. The van der Waals surface area contributed by atoms with Crippen molar-refractivity contribution in [1.82, 2.24) is 0 Å². The van der Waals surface area contributed by atoms with Crippen molar-refractivity contribution in [3.8, 4) is 0 Å². The van der Waals surface area contributed by atoms with E-state index in [4.69, 9.17) is 4.74 Å². The van der Waals surface area contributed by atoms with Crippen molar-refractivity contribution in [3.05, 3.63) is 0 Å². The second-order valence-electron chi connectivity index (χ2n) is 15.6. The maximum Gasteiger partial charge on any atom is 0.312 e. The highest BCUT2D eigenvalue weighted by molar-refractivity contribution is 9.25. The van der Waals surface area contributed by atoms with E-state index < -0.39 is 3.23 Å². The third-order valence-electron chi connectivity index (χ3n) is 13.7. The Bertz CT molecular complexity index is 1000. The molecule has 0 amide bonds. The number of Topliss-reactive ketones (excluding diaryl/α,β-unsaturated/α-hetero) is 1. The number of ether oxygens (including phenoxy) is 1. The number of rotatable bonds is 0. The SMILES string of the molecule is CC1(C)CC[C@]23CC[C@]4(C)[C@H](CC[C@@H]5[C@@]6(C)CC(Br)(Br)C(=O)C(C)(C)[C@@H]6CC[C@]54C)C2C1OC3=O. The molecule has 0 aromatic heterocycles. The molecule has 6 rings (SSSR count). The third kappa shape index (κ3) is 2.80. The van der Waals surface area contributed by atoms with Crippen LogP contribution in [-0.4, -0.2) is 21.1 Å². The monoisotopic (exact) mass is 610 g/mol. The summed E-state index contributed by atoms with van der Waals surface area (Å²) >= 11 is 7.70. The molecule has 9 atom stereocenters. The van der Waals surface area contributed by atoms with E-state index in [9.17, 15) is 9.59 Å². The molecule has 0 aromatic rings. The Labute approximate surface area is 228 Å². The number of carbonyl (C=O) groups excluding carboxylic acids is 2. The first-order valence-corrected chi connectivity index (χ1v) is 15.7. The number of hydrogen-bond donors (Lipinski definition) is 0. The highest BCUT2D eigenvalue weighted by atomic mass is 79.9. The van der Waals surface area contributed by atoms with Crippen molar-refractivity contribution in [2.45, 2.75) is 116 Å². The van der Waals surface area contributed by atoms with Crippen LogP contribution in [0.25, 0.3) is 0 Å². The van der Waals surface area contributed by atoms with Crippen molar-refractivity contribution in [2.24, 2.45) is 56.2 Å². The molecule has 6 aliphatic rings. The van der Waals surface area contributed by atoms with Crippen molar-refractivity contribution < 1.29 is 14.3 Å². The number of hydrogen-bond acceptors (Lipinski definition) is 3. The van der Waals surface area contributed by atoms with Crippen LogP contribution < -0.4 is 0 Å². The predicted octanol–water partition coefficient (Wildman–Crippen LogP) is 8.07. The molecule has 6 fully saturated rings. The normalized spacial score (nSPS) is 55.2. The van der Waals surface area contributed by atoms with Crippen molar-refractivity contribution in [1.29, 1.82) is 0 Å². The second-order valence-corrected chi connectivity index (χ2v) is 19.4. The summed E-state index contributed by atoms with van der Waals surface area (Å²) in [6, 6.07) is 0. The number of alkyl halides is 2. The molecule has 1 heterocycles. The van der Waals surface area contributed by atoms with Gasteiger partial charge in [0.05, 0.1) is 5.41 Å². The maximum absolute atomic E-state index is 13.5. The molecule has 35 heavy (non-hydrogen) atoms. The average molecular weight is 612 g/mol. The molecule has 5 saturated carbocycles. The molecule has 0 spiro atoms. The Morgan fingerprint density at radius 1 is 0.771 bits per heavy atom. The Hall–Kier alpha value is 0.1000. The highest BCUT2D eigenvalue weighted by Gasteiger charge is 2.76. The maximum atomic E-state index is 13.5. The van der Waals surface area contributed by atoms with E-state index in [0.29, 0.717) is 29.5 Å². The minimum atomic E-state index is -0.631. The number of halogens is 2. The number of esters is 1. The average Bonchev–Trinajstić information content (AvgIpc) is 2.99. The van der Waals surface area contributed by atoms with Crippen LogP contribution in [0.15, 0.2) is 0 Å². The van der Waals surface area contributed by atoms with Crippen LogP contribution in [0, 0.1) is 56.2 Å². The first-order valence-electron chi connectivity index (χ1n) is 14.1. The standard InChI is InChI=1S/C30H44Br2O3/c1-24(2)12-14-29-15-13-27(6)17(20(29)21(24)35-23(29)34)8-9-19-26(5)16-30(31,32)22(33)25(3,4)18(26)10-11-28(19,27)7/h17-21H,8-16H2,1-7H3/t17-,18+,19-,20?,21?,26+,27-,28-,29+/m1/s1. The van der Waals surface area contributed by atoms with Crippen LogP contribution in [0.2, 0.25) is 0 Å². The fourth-order valence-electron chi connectivity index (χ4n) is 11.8. The van der Waals surface area contributed by atoms with Crippen LogP contribution >= 0.6 is 31.9 Å². The minimum Gasteiger partial charge on any atom is -0.461 e. The van der Waals surface area contributed by atoms with Gasteiger partial charge < -0.3 is 4.74 Å². The van der Waals surface area contributed by atoms with Crippen molar-refractivity contribution >= 4 is 43.6 Å². The van der Waals surface area contributed by atoms with Crippen LogP contribution in [0.3, 0.4) is 0 Å². The Balaban J connectivity index is 1.43. The molecule has 0 radical (unpaired) electrons. The summed E-state index contributed by atoms with van der Waals surface area (Å²) in [5.41, 5.74) is -0.00182. The van der Waals surface area contributed by atoms with Crippen LogP contribution in [0.1, 0.15) is 106 Å². The zero-order chi connectivity index (χ0) is 25.6. The zero-order valence-electron chi connectivity index (χ0n) is 22.7. The van der Waals surface area contributed by atoms with Gasteiger partial charge in [0.2, 0.25) is 0 Å². The molecule has 2 bridgehead atoms. The lowest BCUT2D eigenvalue weighted by atomic mass is 9.31. The summed E-state index contributed by atoms with van der Waals surface area (Å²) in [4.78, 5) is 26.9. The van der Waals surface area contributed by atoms with Crippen LogP contribution in [0.4, 0.5) is 0 Å². The van der Waals surface area contributed by atoms with Gasteiger partial charge in [-0.2, -0.15) is 0 Å². The summed E-state index contributed by atoms with van der Waals surface area (Å²) in [5, 5.41) is 0. The highest BCUT2D eigenvalue weighted by Crippen LogP contribution is 2.78. The molecule has 1 aliphatic heterocycles. The molecule has 3 nitrogen and oxygen atoms in total. The second kappa shape index (κ2) is 6.99. The van der Waals surface area contributed by atoms with Gasteiger partial charge in [-0.3, -0.25) is 9.59 Å². The molecule has 0 aromatic carbocycles. The molecular weight excluding hydrogens is 568 g/mol. The van der Waals surface area contributed by atoms with E-state index >= 15 is 0 Å². The third-order valence-corrected chi connectivity index (χ3v) is 15.0. The van der Waals surface area contributed by atoms with Gasteiger partial charge in [-0.1, -0.05) is 80.3 Å². The predicted molar refractivity (Wildman–Crippen MR) is 145 cm³/mol. The smallest absolute Gasteiger partial charge is 0.312 e. The number of ketones is 1. The van der Waals surface area contributed by atoms with Gasteiger partial charge in [-0.25, -0.2) is 0 Å². The number of fused-ring (bicyclic) bond motifs is 5. The van der Waals surface area contributed by atoms with E-state index in [-0.39, 0.29) is 44.6 Å².